The van der Waals surface area contributed by atoms with E-state index < -0.39 is 0 Å². The molecule has 2 nitrogen and oxygen atoms in total. The van der Waals surface area contributed by atoms with Gasteiger partial charge in [-0.05, 0) is 30.2 Å². The molecule has 0 unspecified atom stereocenters. The summed E-state index contributed by atoms with van der Waals surface area (Å²) in [5.41, 5.74) is 7.39. The van der Waals surface area contributed by atoms with E-state index in [1.165, 1.54) is 10.4 Å². The van der Waals surface area contributed by atoms with Crippen molar-refractivity contribution in [2.45, 2.75) is 12.5 Å². The molecule has 0 radical (unpaired) electrons. The normalized spacial score (nSPS) is 22.2. The molecule has 1 aliphatic heterocycles. The summed E-state index contributed by atoms with van der Waals surface area (Å²) in [4.78, 5) is 3.83. The fourth-order valence-electron chi connectivity index (χ4n) is 3.06. The number of benzene rings is 1. The van der Waals surface area contributed by atoms with Crippen LogP contribution in [0.3, 0.4) is 0 Å². The summed E-state index contributed by atoms with van der Waals surface area (Å²) in [7, 11) is 0. The molecular weight excluding hydrogens is 323 g/mol. The van der Waals surface area contributed by atoms with E-state index >= 15 is 0 Å². The van der Waals surface area contributed by atoms with Crippen LogP contribution in [-0.4, -0.2) is 24.5 Å². The monoisotopic (exact) mass is 342 g/mol. The lowest BCUT2D eigenvalue weighted by Gasteiger charge is -2.16. The third-order valence-corrected chi connectivity index (χ3v) is 5.27. The molecule has 0 bridgehead atoms. The molecule has 1 fully saturated rings. The van der Waals surface area contributed by atoms with Crippen LogP contribution in [0.1, 0.15) is 16.4 Å². The minimum Gasteiger partial charge on any atom is -0.330 e. The molecule has 0 aliphatic carbocycles. The zero-order valence-electron chi connectivity index (χ0n) is 11.7. The molecule has 114 valence electrons. The van der Waals surface area contributed by atoms with E-state index in [0.717, 1.165) is 30.5 Å². The number of nitrogens with zero attached hydrogens (tertiary/aromatic N) is 1. The van der Waals surface area contributed by atoms with Crippen LogP contribution in [-0.2, 0) is 6.54 Å². The largest absolute Gasteiger partial charge is 0.330 e. The van der Waals surface area contributed by atoms with Crippen molar-refractivity contribution >= 4 is 35.3 Å². The first-order chi connectivity index (χ1) is 9.76. The van der Waals surface area contributed by atoms with Gasteiger partial charge in [0.2, 0.25) is 0 Å². The molecule has 1 aromatic heterocycles. The van der Waals surface area contributed by atoms with Crippen LogP contribution >= 0.6 is 35.3 Å². The minimum absolute atomic E-state index is 0. The Hall–Kier alpha value is -0.580. The summed E-state index contributed by atoms with van der Waals surface area (Å²) in [5.74, 6) is 1.10. The van der Waals surface area contributed by atoms with Crippen molar-refractivity contribution < 1.29 is 0 Å². The van der Waals surface area contributed by atoms with E-state index in [0.29, 0.717) is 11.8 Å². The second-order valence-electron chi connectivity index (χ2n) is 5.41. The Morgan fingerprint density at radius 1 is 1.14 bits per heavy atom. The first-order valence-electron chi connectivity index (χ1n) is 6.98. The molecule has 2 heterocycles. The fourth-order valence-corrected chi connectivity index (χ4v) is 4.19. The lowest BCUT2D eigenvalue weighted by Crippen LogP contribution is -2.22. The summed E-state index contributed by atoms with van der Waals surface area (Å²) in [6, 6.07) is 14.8. The van der Waals surface area contributed by atoms with Gasteiger partial charge < -0.3 is 5.73 Å². The van der Waals surface area contributed by atoms with Crippen molar-refractivity contribution in [2.24, 2.45) is 11.7 Å². The van der Waals surface area contributed by atoms with Gasteiger partial charge in [0.25, 0.3) is 0 Å². The van der Waals surface area contributed by atoms with Crippen molar-refractivity contribution in [1.82, 2.24) is 4.90 Å². The maximum absolute atomic E-state index is 6.01. The van der Waals surface area contributed by atoms with E-state index in [4.69, 9.17) is 17.3 Å². The van der Waals surface area contributed by atoms with Crippen LogP contribution in [0.2, 0.25) is 4.34 Å². The Morgan fingerprint density at radius 3 is 2.52 bits per heavy atom. The number of thiophene rings is 1. The first kappa shape index (κ1) is 16.8. The molecule has 2 atom stereocenters. The summed E-state index contributed by atoms with van der Waals surface area (Å²) in [6.45, 7) is 3.89. The quantitative estimate of drug-likeness (QED) is 0.909. The maximum atomic E-state index is 6.01. The number of nitrogens with two attached hydrogens (primary N) is 1. The van der Waals surface area contributed by atoms with Crippen LogP contribution in [0.15, 0.2) is 42.5 Å². The highest BCUT2D eigenvalue weighted by atomic mass is 35.5. The van der Waals surface area contributed by atoms with E-state index in [1.54, 1.807) is 11.3 Å². The minimum atomic E-state index is 0. The summed E-state index contributed by atoms with van der Waals surface area (Å²) < 4.78 is 0.870. The molecule has 0 amide bonds. The summed E-state index contributed by atoms with van der Waals surface area (Å²) in [6.07, 6.45) is 0. The van der Waals surface area contributed by atoms with Crippen LogP contribution in [0.4, 0.5) is 0 Å². The van der Waals surface area contributed by atoms with Crippen LogP contribution in [0.25, 0.3) is 0 Å². The van der Waals surface area contributed by atoms with E-state index in [-0.39, 0.29) is 12.4 Å². The Morgan fingerprint density at radius 2 is 1.90 bits per heavy atom. The maximum Gasteiger partial charge on any atom is 0.0931 e. The third kappa shape index (κ3) is 3.99. The van der Waals surface area contributed by atoms with Crippen molar-refractivity contribution in [3.63, 3.8) is 0 Å². The van der Waals surface area contributed by atoms with E-state index in [2.05, 4.69) is 41.3 Å². The van der Waals surface area contributed by atoms with Gasteiger partial charge in [0.15, 0.2) is 0 Å². The predicted molar refractivity (Wildman–Crippen MR) is 93.6 cm³/mol. The van der Waals surface area contributed by atoms with Gasteiger partial charge in [-0.15, -0.1) is 23.7 Å². The molecule has 3 rings (SSSR count). The highest BCUT2D eigenvalue weighted by Crippen LogP contribution is 2.33. The molecule has 21 heavy (non-hydrogen) atoms. The topological polar surface area (TPSA) is 29.3 Å². The average molecular weight is 343 g/mol. The van der Waals surface area contributed by atoms with E-state index in [1.807, 2.05) is 6.07 Å². The van der Waals surface area contributed by atoms with Gasteiger partial charge >= 0.3 is 0 Å². The molecular formula is C16H20Cl2N2S. The van der Waals surface area contributed by atoms with Gasteiger partial charge in [-0.25, -0.2) is 0 Å². The molecule has 2 N–H and O–H groups in total. The Labute approximate surface area is 141 Å². The summed E-state index contributed by atoms with van der Waals surface area (Å²) >= 11 is 7.68. The summed E-state index contributed by atoms with van der Waals surface area (Å²) in [5, 5.41) is 0. The second kappa shape index (κ2) is 7.61. The number of hydrogen-bond acceptors (Lipinski definition) is 3. The van der Waals surface area contributed by atoms with Crippen LogP contribution in [0, 0.1) is 5.92 Å². The molecule has 1 aliphatic rings. The van der Waals surface area contributed by atoms with Crippen molar-refractivity contribution in [2.75, 3.05) is 19.6 Å². The predicted octanol–water partition coefficient (Wildman–Crippen LogP) is 4.00. The zero-order chi connectivity index (χ0) is 13.9. The second-order valence-corrected chi connectivity index (χ2v) is 7.21. The lowest BCUT2D eigenvalue weighted by atomic mass is 9.89. The molecule has 0 saturated carbocycles. The molecule has 5 heteroatoms. The van der Waals surface area contributed by atoms with Gasteiger partial charge in [-0.3, -0.25) is 4.90 Å². The number of hydrogen-bond donors (Lipinski definition) is 1. The van der Waals surface area contributed by atoms with Gasteiger partial charge in [0.1, 0.15) is 0 Å². The fraction of sp³-hybridized carbons (Fsp3) is 0.375. The van der Waals surface area contributed by atoms with Crippen molar-refractivity contribution in [3.05, 3.63) is 57.2 Å². The molecule has 2 aromatic rings. The standard InChI is InChI=1S/C16H19ClN2S.ClH/c17-16-7-6-14(20-16)10-19-9-13(8-18)15(11-19)12-4-2-1-3-5-12;/h1-7,13,15H,8-11,18H2;1H/t13-,15+;/m1./s1. The number of likely N-dealkylation sites (tertiary alicyclic amines) is 1. The average Bonchev–Trinajstić information content (AvgIpc) is 3.06. The molecule has 1 saturated heterocycles. The van der Waals surface area contributed by atoms with Gasteiger partial charge in [-0.1, -0.05) is 41.9 Å². The van der Waals surface area contributed by atoms with Gasteiger partial charge in [0, 0.05) is 30.4 Å². The van der Waals surface area contributed by atoms with E-state index in [9.17, 15) is 0 Å². The van der Waals surface area contributed by atoms with Crippen LogP contribution < -0.4 is 5.73 Å². The van der Waals surface area contributed by atoms with Gasteiger partial charge in [0.05, 0.1) is 4.34 Å². The van der Waals surface area contributed by atoms with Crippen molar-refractivity contribution in [3.8, 4) is 0 Å². The van der Waals surface area contributed by atoms with Crippen LogP contribution in [0.5, 0.6) is 0 Å². The Balaban J connectivity index is 0.00000161. The third-order valence-electron chi connectivity index (χ3n) is 4.06. The Bertz CT molecular complexity index is 558. The number of rotatable bonds is 4. The Kier molecular flexibility index (Phi) is 6.08. The zero-order valence-corrected chi connectivity index (χ0v) is 14.1. The lowest BCUT2D eigenvalue weighted by molar-refractivity contribution is 0.319. The first-order valence-corrected chi connectivity index (χ1v) is 8.17. The number of halogens is 2. The smallest absolute Gasteiger partial charge is 0.0931 e. The SMILES string of the molecule is Cl.NC[C@@H]1CN(Cc2ccc(Cl)s2)C[C@H]1c1ccccc1. The molecule has 0 spiro atoms. The highest BCUT2D eigenvalue weighted by Gasteiger charge is 2.32. The van der Waals surface area contributed by atoms with Gasteiger partial charge in [-0.2, -0.15) is 0 Å². The molecule has 1 aromatic carbocycles. The van der Waals surface area contributed by atoms with Crippen molar-refractivity contribution in [1.29, 1.82) is 0 Å². The highest BCUT2D eigenvalue weighted by molar-refractivity contribution is 7.16.